The molecular formula is C17H17N3O3S. The van der Waals surface area contributed by atoms with Crippen molar-refractivity contribution in [2.45, 2.75) is 13.3 Å². The predicted molar refractivity (Wildman–Crippen MR) is 94.6 cm³/mol. The van der Waals surface area contributed by atoms with Gasteiger partial charge in [-0.15, -0.1) is 11.3 Å². The summed E-state index contributed by atoms with van der Waals surface area (Å²) in [6.07, 6.45) is 0.596. The van der Waals surface area contributed by atoms with Gasteiger partial charge in [-0.25, -0.2) is 4.98 Å². The third-order valence-electron chi connectivity index (χ3n) is 3.57. The summed E-state index contributed by atoms with van der Waals surface area (Å²) in [5, 5.41) is 9.56. The largest absolute Gasteiger partial charge is 0.456 e. The van der Waals surface area contributed by atoms with Crippen LogP contribution in [0.2, 0.25) is 0 Å². The first-order chi connectivity index (χ1) is 11.5. The van der Waals surface area contributed by atoms with Crippen LogP contribution in [0.15, 0.2) is 30.3 Å². The standard InChI is InChI=1S/C17H17N3O3S/c1-9-8-12(23-11-4-2-10(3-5-11)6-7-21)13-14(18)15(16(19)22)24-17(13)20-9/h2-5,8,21H,6-7,18H2,1H3,(H2,19,22). The molecule has 0 radical (unpaired) electrons. The van der Waals surface area contributed by atoms with E-state index >= 15 is 0 Å². The van der Waals surface area contributed by atoms with Crippen molar-refractivity contribution in [3.63, 3.8) is 0 Å². The van der Waals surface area contributed by atoms with Gasteiger partial charge in [0.1, 0.15) is 21.2 Å². The molecule has 0 spiro atoms. The van der Waals surface area contributed by atoms with E-state index in [4.69, 9.17) is 21.3 Å². The van der Waals surface area contributed by atoms with Gasteiger partial charge in [-0.05, 0) is 31.0 Å². The van der Waals surface area contributed by atoms with Crippen molar-refractivity contribution >= 4 is 33.1 Å². The number of fused-ring (bicyclic) bond motifs is 1. The number of hydrogen-bond acceptors (Lipinski definition) is 6. The maximum atomic E-state index is 11.5. The molecule has 6 nitrogen and oxygen atoms in total. The van der Waals surface area contributed by atoms with Gasteiger partial charge in [-0.2, -0.15) is 0 Å². The molecule has 3 aromatic rings. The lowest BCUT2D eigenvalue weighted by molar-refractivity contribution is 0.100. The first kappa shape index (κ1) is 16.2. The summed E-state index contributed by atoms with van der Waals surface area (Å²) in [5.41, 5.74) is 13.5. The minimum atomic E-state index is -0.576. The Morgan fingerprint density at radius 1 is 1.33 bits per heavy atom. The number of benzene rings is 1. The van der Waals surface area contributed by atoms with Gasteiger partial charge in [0.2, 0.25) is 0 Å². The number of carbonyl (C=O) groups excluding carboxylic acids is 1. The van der Waals surface area contributed by atoms with Gasteiger partial charge in [0, 0.05) is 18.4 Å². The quantitative estimate of drug-likeness (QED) is 0.659. The van der Waals surface area contributed by atoms with Crippen molar-refractivity contribution in [2.24, 2.45) is 5.73 Å². The van der Waals surface area contributed by atoms with E-state index in [1.807, 2.05) is 31.2 Å². The fourth-order valence-corrected chi connectivity index (χ4v) is 3.45. The normalized spacial score (nSPS) is 10.9. The first-order valence-electron chi connectivity index (χ1n) is 7.36. The Labute approximate surface area is 142 Å². The van der Waals surface area contributed by atoms with Gasteiger partial charge >= 0.3 is 0 Å². The maximum Gasteiger partial charge on any atom is 0.260 e. The van der Waals surface area contributed by atoms with Crippen molar-refractivity contribution in [1.29, 1.82) is 0 Å². The number of nitrogen functional groups attached to an aromatic ring is 1. The molecule has 1 aromatic carbocycles. The van der Waals surface area contributed by atoms with Gasteiger partial charge in [-0.1, -0.05) is 12.1 Å². The zero-order valence-corrected chi connectivity index (χ0v) is 13.9. The van der Waals surface area contributed by atoms with E-state index in [1.165, 1.54) is 0 Å². The molecule has 0 aliphatic heterocycles. The second-order valence-corrected chi connectivity index (χ2v) is 6.37. The highest BCUT2D eigenvalue weighted by Gasteiger charge is 2.19. The second-order valence-electron chi connectivity index (χ2n) is 5.37. The Morgan fingerprint density at radius 3 is 2.67 bits per heavy atom. The Kier molecular flexibility index (Phi) is 4.37. The lowest BCUT2D eigenvalue weighted by Gasteiger charge is -2.09. The van der Waals surface area contributed by atoms with Crippen LogP contribution in [0, 0.1) is 6.92 Å². The third-order valence-corrected chi connectivity index (χ3v) is 4.68. The van der Waals surface area contributed by atoms with E-state index < -0.39 is 5.91 Å². The maximum absolute atomic E-state index is 11.5. The zero-order valence-electron chi connectivity index (χ0n) is 13.1. The van der Waals surface area contributed by atoms with E-state index in [0.29, 0.717) is 33.8 Å². The van der Waals surface area contributed by atoms with Crippen LogP contribution in [0.1, 0.15) is 20.9 Å². The molecule has 24 heavy (non-hydrogen) atoms. The average molecular weight is 343 g/mol. The molecule has 0 fully saturated rings. The Morgan fingerprint density at radius 2 is 2.04 bits per heavy atom. The van der Waals surface area contributed by atoms with E-state index in [2.05, 4.69) is 4.98 Å². The van der Waals surface area contributed by atoms with Gasteiger partial charge in [0.15, 0.2) is 0 Å². The molecule has 0 saturated carbocycles. The van der Waals surface area contributed by atoms with Gasteiger partial charge in [0.05, 0.1) is 11.1 Å². The number of primary amides is 1. The highest BCUT2D eigenvalue weighted by Crippen LogP contribution is 2.40. The van der Waals surface area contributed by atoms with Crippen molar-refractivity contribution < 1.29 is 14.6 Å². The summed E-state index contributed by atoms with van der Waals surface area (Å²) in [5.74, 6) is 0.593. The van der Waals surface area contributed by atoms with Crippen molar-refractivity contribution in [2.75, 3.05) is 12.3 Å². The van der Waals surface area contributed by atoms with Crippen molar-refractivity contribution in [3.05, 3.63) is 46.5 Å². The summed E-state index contributed by atoms with van der Waals surface area (Å²) >= 11 is 1.16. The van der Waals surface area contributed by atoms with Gasteiger partial charge < -0.3 is 21.3 Å². The molecule has 1 amide bonds. The molecule has 0 bridgehead atoms. The van der Waals surface area contributed by atoms with Crippen LogP contribution in [-0.4, -0.2) is 22.6 Å². The topological polar surface area (TPSA) is 111 Å². The van der Waals surface area contributed by atoms with Crippen LogP contribution in [0.5, 0.6) is 11.5 Å². The smallest absolute Gasteiger partial charge is 0.260 e. The lowest BCUT2D eigenvalue weighted by atomic mass is 10.1. The van der Waals surface area contributed by atoms with Crippen LogP contribution < -0.4 is 16.2 Å². The molecule has 2 heterocycles. The summed E-state index contributed by atoms with van der Waals surface area (Å²) in [6, 6.07) is 9.21. The second kappa shape index (κ2) is 6.46. The Bertz CT molecular complexity index is 904. The molecule has 0 unspecified atom stereocenters. The number of hydrogen-bond donors (Lipinski definition) is 3. The Hall–Kier alpha value is -2.64. The number of aliphatic hydroxyl groups excluding tert-OH is 1. The Balaban J connectivity index is 2.03. The monoisotopic (exact) mass is 343 g/mol. The molecule has 0 aliphatic rings. The molecule has 3 rings (SSSR count). The minimum absolute atomic E-state index is 0.103. The molecule has 0 atom stereocenters. The van der Waals surface area contributed by atoms with Crippen LogP contribution in [-0.2, 0) is 6.42 Å². The fraction of sp³-hybridized carbons (Fsp3) is 0.176. The number of thiophene rings is 1. The highest BCUT2D eigenvalue weighted by atomic mass is 32.1. The molecule has 2 aromatic heterocycles. The van der Waals surface area contributed by atoms with Gasteiger partial charge in [-0.3, -0.25) is 4.79 Å². The summed E-state index contributed by atoms with van der Waals surface area (Å²) in [6.45, 7) is 1.95. The van der Waals surface area contributed by atoms with Gasteiger partial charge in [0.25, 0.3) is 5.91 Å². The first-order valence-corrected chi connectivity index (χ1v) is 8.18. The fourth-order valence-electron chi connectivity index (χ4n) is 2.45. The number of anilines is 1. The van der Waals surface area contributed by atoms with Crippen LogP contribution >= 0.6 is 11.3 Å². The van der Waals surface area contributed by atoms with Crippen molar-refractivity contribution in [3.8, 4) is 11.5 Å². The summed E-state index contributed by atoms with van der Waals surface area (Å²) in [7, 11) is 0. The summed E-state index contributed by atoms with van der Waals surface area (Å²) in [4.78, 5) is 16.8. The predicted octanol–water partition coefficient (Wildman–Crippen LogP) is 2.61. The van der Waals surface area contributed by atoms with E-state index in [9.17, 15) is 4.79 Å². The number of pyridine rings is 1. The number of nitrogens with zero attached hydrogens (tertiary/aromatic N) is 1. The molecule has 0 saturated heterocycles. The van der Waals surface area contributed by atoms with E-state index in [-0.39, 0.29) is 11.5 Å². The van der Waals surface area contributed by atoms with Crippen LogP contribution in [0.3, 0.4) is 0 Å². The third kappa shape index (κ3) is 3.04. The van der Waals surface area contributed by atoms with E-state index in [0.717, 1.165) is 22.6 Å². The lowest BCUT2D eigenvalue weighted by Crippen LogP contribution is -2.10. The number of aryl methyl sites for hydroxylation is 1. The number of ether oxygens (including phenoxy) is 1. The number of aromatic nitrogens is 1. The van der Waals surface area contributed by atoms with Crippen molar-refractivity contribution in [1.82, 2.24) is 4.98 Å². The highest BCUT2D eigenvalue weighted by molar-refractivity contribution is 7.21. The van der Waals surface area contributed by atoms with E-state index in [1.54, 1.807) is 6.07 Å². The molecule has 5 N–H and O–H groups in total. The number of rotatable bonds is 5. The SMILES string of the molecule is Cc1cc(Oc2ccc(CCO)cc2)c2c(N)c(C(N)=O)sc2n1. The molecular weight excluding hydrogens is 326 g/mol. The molecule has 7 heteroatoms. The number of aliphatic hydroxyl groups is 1. The number of nitrogens with two attached hydrogens (primary N) is 2. The van der Waals surface area contributed by atoms with Crippen LogP contribution in [0.4, 0.5) is 5.69 Å². The average Bonchev–Trinajstić information content (AvgIpc) is 2.86. The molecule has 124 valence electrons. The zero-order chi connectivity index (χ0) is 17.3. The molecule has 0 aliphatic carbocycles. The van der Waals surface area contributed by atoms with Crippen LogP contribution in [0.25, 0.3) is 10.2 Å². The number of amides is 1. The summed E-state index contributed by atoms with van der Waals surface area (Å²) < 4.78 is 5.95. The minimum Gasteiger partial charge on any atom is -0.456 e. The number of carbonyl (C=O) groups is 1.